The fourth-order valence-corrected chi connectivity index (χ4v) is 3.87. The third kappa shape index (κ3) is 4.53. The van der Waals surface area contributed by atoms with Crippen LogP contribution in [0.2, 0.25) is 0 Å². The zero-order chi connectivity index (χ0) is 22.5. The van der Waals surface area contributed by atoms with Crippen molar-refractivity contribution in [1.29, 1.82) is 0 Å². The number of rotatable bonds is 7. The molecule has 4 rings (SSSR count). The van der Waals surface area contributed by atoms with E-state index in [4.69, 9.17) is 9.47 Å². The van der Waals surface area contributed by atoms with Crippen molar-refractivity contribution >= 4 is 28.2 Å². The number of hydrogen-bond acceptors (Lipinski definition) is 6. The van der Waals surface area contributed by atoms with Crippen molar-refractivity contribution in [3.8, 4) is 22.8 Å². The van der Waals surface area contributed by atoms with E-state index in [9.17, 15) is 9.59 Å². The minimum absolute atomic E-state index is 0.0874. The molecule has 0 spiro atoms. The number of benzene rings is 3. The highest BCUT2D eigenvalue weighted by Crippen LogP contribution is 2.34. The summed E-state index contributed by atoms with van der Waals surface area (Å²) >= 11 is 1.32. The molecule has 1 heterocycles. The number of thiazole rings is 1. The predicted octanol–water partition coefficient (Wildman–Crippen LogP) is 5.31. The fourth-order valence-electron chi connectivity index (χ4n) is 3.16. The average molecular weight is 445 g/mol. The van der Waals surface area contributed by atoms with Crippen LogP contribution in [0.1, 0.15) is 26.3 Å². The molecule has 3 aromatic carbocycles. The van der Waals surface area contributed by atoms with Crippen molar-refractivity contribution in [1.82, 2.24) is 4.98 Å². The van der Waals surface area contributed by atoms with Crippen molar-refractivity contribution in [2.24, 2.45) is 0 Å². The summed E-state index contributed by atoms with van der Waals surface area (Å²) in [4.78, 5) is 29.7. The van der Waals surface area contributed by atoms with Crippen LogP contribution in [0.15, 0.2) is 78.2 Å². The Bertz CT molecular complexity index is 1250. The van der Waals surface area contributed by atoms with Crippen molar-refractivity contribution in [3.63, 3.8) is 0 Å². The number of amides is 1. The maximum atomic E-state index is 12.6. The van der Waals surface area contributed by atoms with Crippen LogP contribution in [-0.4, -0.2) is 30.9 Å². The minimum Gasteiger partial charge on any atom is -0.497 e. The van der Waals surface area contributed by atoms with Gasteiger partial charge in [-0.1, -0.05) is 42.5 Å². The van der Waals surface area contributed by atoms with Crippen molar-refractivity contribution < 1.29 is 19.1 Å². The van der Waals surface area contributed by atoms with Gasteiger partial charge in [-0.3, -0.25) is 14.9 Å². The average Bonchev–Trinajstić information content (AvgIpc) is 3.31. The smallest absolute Gasteiger partial charge is 0.257 e. The van der Waals surface area contributed by atoms with Gasteiger partial charge < -0.3 is 9.47 Å². The van der Waals surface area contributed by atoms with Crippen LogP contribution < -0.4 is 14.8 Å². The first-order chi connectivity index (χ1) is 15.6. The van der Waals surface area contributed by atoms with Gasteiger partial charge in [-0.15, -0.1) is 11.3 Å². The number of ketones is 1. The lowest BCUT2D eigenvalue weighted by molar-refractivity contribution is 0.102. The molecule has 0 saturated heterocycles. The van der Waals surface area contributed by atoms with Crippen LogP contribution >= 0.6 is 11.3 Å². The molecule has 0 aliphatic rings. The fraction of sp³-hybridized carbons (Fsp3) is 0.0800. The van der Waals surface area contributed by atoms with E-state index in [1.807, 2.05) is 35.7 Å². The highest BCUT2D eigenvalue weighted by atomic mass is 32.1. The summed E-state index contributed by atoms with van der Waals surface area (Å²) in [5.41, 5.74) is 3.06. The van der Waals surface area contributed by atoms with Gasteiger partial charge in [0.25, 0.3) is 5.91 Å². The zero-order valence-corrected chi connectivity index (χ0v) is 18.3. The van der Waals surface area contributed by atoms with E-state index in [0.717, 1.165) is 5.56 Å². The molecule has 0 aliphatic carbocycles. The van der Waals surface area contributed by atoms with Crippen LogP contribution in [-0.2, 0) is 0 Å². The molecule has 1 N–H and O–H groups in total. The number of carbonyl (C=O) groups excluding carboxylic acids is 2. The lowest BCUT2D eigenvalue weighted by Gasteiger charge is -2.08. The first-order valence-corrected chi connectivity index (χ1v) is 10.7. The number of anilines is 1. The first-order valence-electron chi connectivity index (χ1n) is 9.78. The summed E-state index contributed by atoms with van der Waals surface area (Å²) in [5, 5.41) is 5.12. The van der Waals surface area contributed by atoms with Crippen molar-refractivity contribution in [3.05, 3.63) is 94.9 Å². The molecule has 0 atom stereocenters. The highest BCUT2D eigenvalue weighted by molar-refractivity contribution is 7.14. The Morgan fingerprint density at radius 3 is 2.22 bits per heavy atom. The molecule has 1 aromatic heterocycles. The molecule has 0 bridgehead atoms. The normalized spacial score (nSPS) is 10.4. The Hall–Kier alpha value is -3.97. The minimum atomic E-state index is -0.300. The molecule has 0 saturated carbocycles. The third-order valence-electron chi connectivity index (χ3n) is 4.85. The van der Waals surface area contributed by atoms with E-state index in [1.54, 1.807) is 56.7 Å². The predicted molar refractivity (Wildman–Crippen MR) is 125 cm³/mol. The van der Waals surface area contributed by atoms with Crippen LogP contribution in [0.3, 0.4) is 0 Å². The second kappa shape index (κ2) is 9.45. The molecular formula is C25H20N2O4S. The van der Waals surface area contributed by atoms with Gasteiger partial charge in [0.1, 0.15) is 11.5 Å². The lowest BCUT2D eigenvalue weighted by atomic mass is 10.0. The van der Waals surface area contributed by atoms with Crippen LogP contribution in [0.4, 0.5) is 5.13 Å². The third-order valence-corrected chi connectivity index (χ3v) is 5.61. The Morgan fingerprint density at radius 2 is 1.53 bits per heavy atom. The van der Waals surface area contributed by atoms with Crippen LogP contribution in [0.25, 0.3) is 11.3 Å². The van der Waals surface area contributed by atoms with Gasteiger partial charge in [0.05, 0.1) is 19.9 Å². The Kier molecular flexibility index (Phi) is 6.28. The molecular weight excluding hydrogens is 424 g/mol. The van der Waals surface area contributed by atoms with E-state index >= 15 is 0 Å². The van der Waals surface area contributed by atoms with Crippen LogP contribution in [0.5, 0.6) is 11.5 Å². The van der Waals surface area contributed by atoms with Crippen molar-refractivity contribution in [2.75, 3.05) is 19.5 Å². The number of ether oxygens (including phenoxy) is 2. The summed E-state index contributed by atoms with van der Waals surface area (Å²) < 4.78 is 10.7. The number of aromatic nitrogens is 1. The van der Waals surface area contributed by atoms with Gasteiger partial charge in [-0.05, 0) is 24.3 Å². The van der Waals surface area contributed by atoms with Gasteiger partial charge in [-0.25, -0.2) is 4.98 Å². The molecule has 1 amide bonds. The second-order valence-corrected chi connectivity index (χ2v) is 7.69. The number of nitrogens with zero attached hydrogens (tertiary/aromatic N) is 1. The van der Waals surface area contributed by atoms with Crippen molar-refractivity contribution in [2.45, 2.75) is 0 Å². The highest BCUT2D eigenvalue weighted by Gasteiger charge is 2.15. The maximum absolute atomic E-state index is 12.6. The lowest BCUT2D eigenvalue weighted by Crippen LogP contribution is -2.12. The maximum Gasteiger partial charge on any atom is 0.257 e. The summed E-state index contributed by atoms with van der Waals surface area (Å²) in [6.45, 7) is 0. The molecule has 32 heavy (non-hydrogen) atoms. The molecule has 6 nitrogen and oxygen atoms in total. The molecule has 0 fully saturated rings. The van der Waals surface area contributed by atoms with E-state index in [1.165, 1.54) is 11.3 Å². The van der Waals surface area contributed by atoms with E-state index in [-0.39, 0.29) is 11.7 Å². The molecule has 4 aromatic rings. The zero-order valence-electron chi connectivity index (χ0n) is 17.5. The second-order valence-electron chi connectivity index (χ2n) is 6.83. The quantitative estimate of drug-likeness (QED) is 0.391. The Balaban J connectivity index is 1.47. The van der Waals surface area contributed by atoms with Gasteiger partial charge >= 0.3 is 0 Å². The summed E-state index contributed by atoms with van der Waals surface area (Å²) in [6, 6.07) is 21.1. The number of nitrogens with one attached hydrogen (secondary N) is 1. The molecule has 160 valence electrons. The molecule has 0 aliphatic heterocycles. The Morgan fingerprint density at radius 1 is 0.844 bits per heavy atom. The molecule has 0 unspecified atom stereocenters. The monoisotopic (exact) mass is 444 g/mol. The summed E-state index contributed by atoms with van der Waals surface area (Å²) in [7, 11) is 3.18. The van der Waals surface area contributed by atoms with Gasteiger partial charge in [0, 0.05) is 33.7 Å². The SMILES string of the molecule is COc1ccc(-c2csc(NC(=O)c3ccc(C(=O)c4ccccc4)cc3)n2)c(OC)c1. The van der Waals surface area contributed by atoms with Gasteiger partial charge in [0.15, 0.2) is 10.9 Å². The number of hydrogen-bond donors (Lipinski definition) is 1. The van der Waals surface area contributed by atoms with E-state index in [2.05, 4.69) is 10.3 Å². The van der Waals surface area contributed by atoms with Gasteiger partial charge in [-0.2, -0.15) is 0 Å². The number of methoxy groups -OCH3 is 2. The molecule has 0 radical (unpaired) electrons. The first kappa shape index (κ1) is 21.3. The topological polar surface area (TPSA) is 77.5 Å². The molecule has 7 heteroatoms. The standard InChI is InChI=1S/C25H20N2O4S/c1-30-19-12-13-20(22(14-19)31-2)21-15-32-25(26-21)27-24(29)18-10-8-17(9-11-18)23(28)16-6-4-3-5-7-16/h3-15H,1-2H3,(H,26,27,29). The number of carbonyl (C=O) groups is 2. The van der Waals surface area contributed by atoms with E-state index < -0.39 is 0 Å². The van der Waals surface area contributed by atoms with Gasteiger partial charge in [0.2, 0.25) is 0 Å². The van der Waals surface area contributed by atoms with Crippen LogP contribution in [0, 0.1) is 0 Å². The largest absolute Gasteiger partial charge is 0.497 e. The summed E-state index contributed by atoms with van der Waals surface area (Å²) in [5.74, 6) is 0.927. The Labute approximate surface area is 189 Å². The summed E-state index contributed by atoms with van der Waals surface area (Å²) in [6.07, 6.45) is 0. The van der Waals surface area contributed by atoms with E-state index in [0.29, 0.717) is 39.0 Å².